The van der Waals surface area contributed by atoms with E-state index < -0.39 is 17.2 Å². The number of benzene rings is 2. The molecule has 1 aliphatic heterocycles. The summed E-state index contributed by atoms with van der Waals surface area (Å²) in [5, 5.41) is 2.65. The van der Waals surface area contributed by atoms with Crippen LogP contribution in [0.5, 0.6) is 11.5 Å². The Labute approximate surface area is 142 Å². The van der Waals surface area contributed by atoms with E-state index in [0.717, 1.165) is 12.1 Å². The molecule has 0 aliphatic carbocycles. The van der Waals surface area contributed by atoms with Crippen LogP contribution in [0.25, 0.3) is 0 Å². The Kier molecular flexibility index (Phi) is 4.10. The summed E-state index contributed by atoms with van der Waals surface area (Å²) in [4.78, 5) is 12.6. The molecule has 7 heteroatoms. The quantitative estimate of drug-likeness (QED) is 0.894. The third kappa shape index (κ3) is 3.40. The van der Waals surface area contributed by atoms with E-state index in [4.69, 9.17) is 9.47 Å². The lowest BCUT2D eigenvalue weighted by atomic mass is 9.83. The van der Waals surface area contributed by atoms with Gasteiger partial charge in [0, 0.05) is 5.69 Å². The minimum Gasteiger partial charge on any atom is -0.454 e. The summed E-state index contributed by atoms with van der Waals surface area (Å²) in [6.07, 6.45) is -4.41. The van der Waals surface area contributed by atoms with Gasteiger partial charge in [-0.15, -0.1) is 0 Å². The molecule has 4 nitrogen and oxygen atoms in total. The summed E-state index contributed by atoms with van der Waals surface area (Å²) in [5.41, 5.74) is -0.669. The van der Waals surface area contributed by atoms with Gasteiger partial charge >= 0.3 is 6.18 Å². The zero-order valence-electron chi connectivity index (χ0n) is 13.6. The van der Waals surface area contributed by atoms with Crippen molar-refractivity contribution in [2.24, 2.45) is 0 Å². The average molecular weight is 351 g/mol. The number of carbonyl (C=O) groups is 1. The second-order valence-electron chi connectivity index (χ2n) is 6.22. The van der Waals surface area contributed by atoms with Crippen LogP contribution in [0.1, 0.15) is 25.0 Å². The van der Waals surface area contributed by atoms with Crippen molar-refractivity contribution in [2.45, 2.75) is 25.4 Å². The highest BCUT2D eigenvalue weighted by molar-refractivity contribution is 5.98. The van der Waals surface area contributed by atoms with E-state index in [1.807, 2.05) is 0 Å². The van der Waals surface area contributed by atoms with Crippen LogP contribution in [-0.4, -0.2) is 12.7 Å². The summed E-state index contributed by atoms with van der Waals surface area (Å²) in [5.74, 6) is 0.835. The molecule has 0 saturated heterocycles. The standard InChI is InChI=1S/C18H16F3NO3/c1-17(2,12-5-8-14-15(9-12)25-10-24-14)16(23)22-13-6-3-11(4-7-13)18(19,20)21/h3-9H,10H2,1-2H3,(H,22,23). The van der Waals surface area contributed by atoms with Crippen LogP contribution in [0.3, 0.4) is 0 Å². The van der Waals surface area contributed by atoms with Crippen LogP contribution < -0.4 is 14.8 Å². The SMILES string of the molecule is CC(C)(C(=O)Nc1ccc(C(F)(F)F)cc1)c1ccc2c(c1)OCO2. The van der Waals surface area contributed by atoms with Gasteiger partial charge in [-0.25, -0.2) is 0 Å². The third-order valence-corrected chi connectivity index (χ3v) is 4.13. The first-order valence-corrected chi connectivity index (χ1v) is 7.57. The lowest BCUT2D eigenvalue weighted by molar-refractivity contribution is -0.137. The lowest BCUT2D eigenvalue weighted by Gasteiger charge is -2.24. The molecule has 0 unspecified atom stereocenters. The van der Waals surface area contributed by atoms with Gasteiger partial charge in [0.1, 0.15) is 0 Å². The van der Waals surface area contributed by atoms with Gasteiger partial charge in [0.05, 0.1) is 11.0 Å². The lowest BCUT2D eigenvalue weighted by Crippen LogP contribution is -2.34. The second-order valence-corrected chi connectivity index (χ2v) is 6.22. The number of halogens is 3. The number of nitrogens with one attached hydrogen (secondary N) is 1. The van der Waals surface area contributed by atoms with Crippen molar-refractivity contribution >= 4 is 11.6 Å². The third-order valence-electron chi connectivity index (χ3n) is 4.13. The Hall–Kier alpha value is -2.70. The fourth-order valence-electron chi connectivity index (χ4n) is 2.45. The monoisotopic (exact) mass is 351 g/mol. The molecule has 0 spiro atoms. The predicted molar refractivity (Wildman–Crippen MR) is 85.7 cm³/mol. The van der Waals surface area contributed by atoms with Crippen LogP contribution in [0.4, 0.5) is 18.9 Å². The Bertz CT molecular complexity index is 798. The molecule has 2 aromatic rings. The molecule has 25 heavy (non-hydrogen) atoms. The van der Waals surface area contributed by atoms with E-state index >= 15 is 0 Å². The number of anilines is 1. The average Bonchev–Trinajstić information content (AvgIpc) is 3.02. The Morgan fingerprint density at radius 1 is 0.960 bits per heavy atom. The molecular formula is C18H16F3NO3. The van der Waals surface area contributed by atoms with E-state index in [2.05, 4.69) is 5.32 Å². The van der Waals surface area contributed by atoms with Gasteiger partial charge < -0.3 is 14.8 Å². The normalized spacial score (nSPS) is 13.6. The van der Waals surface area contributed by atoms with Crippen molar-refractivity contribution in [3.05, 3.63) is 53.6 Å². The molecule has 0 fully saturated rings. The number of fused-ring (bicyclic) bond motifs is 1. The molecule has 3 rings (SSSR count). The van der Waals surface area contributed by atoms with Gasteiger partial charge in [-0.05, 0) is 55.8 Å². The maximum atomic E-state index is 12.6. The number of rotatable bonds is 3. The molecule has 132 valence electrons. The van der Waals surface area contributed by atoms with Crippen LogP contribution in [-0.2, 0) is 16.4 Å². The van der Waals surface area contributed by atoms with Gasteiger partial charge in [0.15, 0.2) is 11.5 Å². The maximum absolute atomic E-state index is 12.6. The number of ether oxygens (including phenoxy) is 2. The molecule has 0 atom stereocenters. The van der Waals surface area contributed by atoms with Crippen LogP contribution in [0.2, 0.25) is 0 Å². The largest absolute Gasteiger partial charge is 0.454 e. The second kappa shape index (κ2) is 5.98. The van der Waals surface area contributed by atoms with Crippen molar-refractivity contribution < 1.29 is 27.4 Å². The molecule has 1 aliphatic rings. The molecule has 0 bridgehead atoms. The van der Waals surface area contributed by atoms with Crippen LogP contribution >= 0.6 is 0 Å². The van der Waals surface area contributed by atoms with E-state index in [1.54, 1.807) is 32.0 Å². The van der Waals surface area contributed by atoms with Crippen molar-refractivity contribution in [1.82, 2.24) is 0 Å². The van der Waals surface area contributed by atoms with E-state index in [1.165, 1.54) is 12.1 Å². The Morgan fingerprint density at radius 3 is 2.20 bits per heavy atom. The first kappa shape index (κ1) is 17.1. The summed E-state index contributed by atoms with van der Waals surface area (Å²) in [7, 11) is 0. The first-order valence-electron chi connectivity index (χ1n) is 7.57. The van der Waals surface area contributed by atoms with Crippen molar-refractivity contribution in [1.29, 1.82) is 0 Å². The highest BCUT2D eigenvalue weighted by atomic mass is 19.4. The van der Waals surface area contributed by atoms with Crippen LogP contribution in [0.15, 0.2) is 42.5 Å². The van der Waals surface area contributed by atoms with Crippen molar-refractivity contribution in [3.63, 3.8) is 0 Å². The Balaban J connectivity index is 1.77. The summed E-state index contributed by atoms with van der Waals surface area (Å²) in [6, 6.07) is 9.55. The van der Waals surface area contributed by atoms with Crippen molar-refractivity contribution in [2.75, 3.05) is 12.1 Å². The minimum atomic E-state index is -4.41. The molecule has 0 aromatic heterocycles. The molecular weight excluding hydrogens is 335 g/mol. The van der Waals surface area contributed by atoms with Crippen LogP contribution in [0, 0.1) is 0 Å². The topological polar surface area (TPSA) is 47.6 Å². The summed E-state index contributed by atoms with van der Waals surface area (Å²) in [6.45, 7) is 3.59. The highest BCUT2D eigenvalue weighted by Gasteiger charge is 2.32. The zero-order valence-corrected chi connectivity index (χ0v) is 13.6. The first-order chi connectivity index (χ1) is 11.7. The highest BCUT2D eigenvalue weighted by Crippen LogP contribution is 2.37. The molecule has 0 radical (unpaired) electrons. The van der Waals surface area contributed by atoms with Gasteiger partial charge in [-0.3, -0.25) is 4.79 Å². The molecule has 0 saturated carbocycles. The number of carbonyl (C=O) groups excluding carboxylic acids is 1. The van der Waals surface area contributed by atoms with Gasteiger partial charge in [0.2, 0.25) is 12.7 Å². The molecule has 1 N–H and O–H groups in total. The van der Waals surface area contributed by atoms with Gasteiger partial charge in [-0.1, -0.05) is 6.07 Å². The summed E-state index contributed by atoms with van der Waals surface area (Å²) < 4.78 is 48.3. The fourth-order valence-corrected chi connectivity index (χ4v) is 2.45. The fraction of sp³-hybridized carbons (Fsp3) is 0.278. The number of amides is 1. The van der Waals surface area contributed by atoms with E-state index in [0.29, 0.717) is 22.7 Å². The maximum Gasteiger partial charge on any atom is 0.416 e. The smallest absolute Gasteiger partial charge is 0.416 e. The van der Waals surface area contributed by atoms with Gasteiger partial charge in [0.25, 0.3) is 0 Å². The molecule has 2 aromatic carbocycles. The minimum absolute atomic E-state index is 0.136. The summed E-state index contributed by atoms with van der Waals surface area (Å²) >= 11 is 0. The molecule has 1 amide bonds. The number of hydrogen-bond acceptors (Lipinski definition) is 3. The number of hydrogen-bond donors (Lipinski definition) is 1. The van der Waals surface area contributed by atoms with E-state index in [9.17, 15) is 18.0 Å². The van der Waals surface area contributed by atoms with Gasteiger partial charge in [-0.2, -0.15) is 13.2 Å². The zero-order chi connectivity index (χ0) is 18.2. The van der Waals surface area contributed by atoms with E-state index in [-0.39, 0.29) is 12.7 Å². The number of alkyl halides is 3. The Morgan fingerprint density at radius 2 is 1.56 bits per heavy atom. The molecule has 1 heterocycles. The van der Waals surface area contributed by atoms with Crippen molar-refractivity contribution in [3.8, 4) is 11.5 Å². The predicted octanol–water partition coefficient (Wildman–Crippen LogP) is 4.35.